The third-order valence-corrected chi connectivity index (χ3v) is 3.64. The van der Waals surface area contributed by atoms with Gasteiger partial charge in [-0.2, -0.15) is 0 Å². The van der Waals surface area contributed by atoms with Gasteiger partial charge in [0.25, 0.3) is 5.91 Å². The Labute approximate surface area is 109 Å². The van der Waals surface area contributed by atoms with Gasteiger partial charge in [0.2, 0.25) is 0 Å². The zero-order valence-electron chi connectivity index (χ0n) is 9.56. The van der Waals surface area contributed by atoms with E-state index in [1.54, 1.807) is 0 Å². The number of nitrogens with zero attached hydrogens (tertiary/aromatic N) is 2. The number of carbonyl (C=O) groups excluding carboxylic acids is 1. The second-order valence-electron chi connectivity index (χ2n) is 4.63. The van der Waals surface area contributed by atoms with Crippen LogP contribution in [-0.4, -0.2) is 28.7 Å². The van der Waals surface area contributed by atoms with Crippen molar-refractivity contribution in [1.29, 1.82) is 0 Å². The number of halogens is 1. The van der Waals surface area contributed by atoms with Crippen molar-refractivity contribution in [2.24, 2.45) is 0 Å². The van der Waals surface area contributed by atoms with Crippen LogP contribution in [0.3, 0.4) is 0 Å². The van der Waals surface area contributed by atoms with E-state index in [0.29, 0.717) is 19.2 Å². The van der Waals surface area contributed by atoms with Crippen LogP contribution in [0.15, 0.2) is 16.7 Å². The van der Waals surface area contributed by atoms with Gasteiger partial charge in [0.1, 0.15) is 5.69 Å². The maximum absolute atomic E-state index is 12.3. The highest BCUT2D eigenvalue weighted by atomic mass is 79.9. The van der Waals surface area contributed by atoms with Crippen LogP contribution in [-0.2, 0) is 4.84 Å². The third kappa shape index (κ3) is 2.26. The largest absolute Gasteiger partial charge is 0.339 e. The topological polar surface area (TPSA) is 34.5 Å². The molecule has 0 N–H and O–H groups in total. The highest BCUT2D eigenvalue weighted by Gasteiger charge is 2.30. The normalized spacial score (nSPS) is 20.6. The van der Waals surface area contributed by atoms with Gasteiger partial charge in [-0.05, 0) is 47.7 Å². The van der Waals surface area contributed by atoms with Gasteiger partial charge in [-0.25, -0.2) is 5.06 Å². The number of hydrogen-bond donors (Lipinski definition) is 0. The second-order valence-corrected chi connectivity index (χ2v) is 5.55. The quantitative estimate of drug-likeness (QED) is 0.841. The van der Waals surface area contributed by atoms with Crippen LogP contribution in [0.1, 0.15) is 42.2 Å². The van der Waals surface area contributed by atoms with Gasteiger partial charge in [-0.1, -0.05) is 0 Å². The lowest BCUT2D eigenvalue weighted by molar-refractivity contribution is -0.144. The summed E-state index contributed by atoms with van der Waals surface area (Å²) in [7, 11) is 0. The van der Waals surface area contributed by atoms with Gasteiger partial charge in [-0.3, -0.25) is 9.63 Å². The van der Waals surface area contributed by atoms with Crippen molar-refractivity contribution >= 4 is 21.8 Å². The van der Waals surface area contributed by atoms with Crippen molar-refractivity contribution in [3.63, 3.8) is 0 Å². The minimum absolute atomic E-state index is 0.0118. The predicted molar refractivity (Wildman–Crippen MR) is 66.6 cm³/mol. The minimum Gasteiger partial charge on any atom is -0.339 e. The highest BCUT2D eigenvalue weighted by Crippen LogP contribution is 2.37. The van der Waals surface area contributed by atoms with Crippen LogP contribution in [0.4, 0.5) is 0 Å². The summed E-state index contributed by atoms with van der Waals surface area (Å²) in [6, 6.07) is 2.39. The van der Waals surface area contributed by atoms with Gasteiger partial charge in [0, 0.05) is 23.3 Å². The molecule has 4 nitrogen and oxygen atoms in total. The molecule has 17 heavy (non-hydrogen) atoms. The van der Waals surface area contributed by atoms with E-state index < -0.39 is 0 Å². The molecule has 2 fully saturated rings. The van der Waals surface area contributed by atoms with Crippen molar-refractivity contribution in [1.82, 2.24) is 9.63 Å². The lowest BCUT2D eigenvalue weighted by atomic mass is 10.3. The minimum atomic E-state index is -0.0118. The van der Waals surface area contributed by atoms with E-state index in [9.17, 15) is 4.79 Å². The zero-order chi connectivity index (χ0) is 11.8. The molecular weight excluding hydrogens is 284 g/mol. The molecule has 0 atom stereocenters. The molecule has 1 saturated heterocycles. The van der Waals surface area contributed by atoms with Gasteiger partial charge in [0.05, 0.1) is 6.61 Å². The lowest BCUT2D eigenvalue weighted by Gasteiger charge is -2.26. The molecule has 92 valence electrons. The van der Waals surface area contributed by atoms with Crippen molar-refractivity contribution in [2.45, 2.75) is 31.7 Å². The van der Waals surface area contributed by atoms with E-state index in [1.165, 1.54) is 17.9 Å². The number of carbonyl (C=O) groups is 1. The van der Waals surface area contributed by atoms with E-state index in [2.05, 4.69) is 20.5 Å². The van der Waals surface area contributed by atoms with Crippen molar-refractivity contribution in [3.05, 3.63) is 22.4 Å². The summed E-state index contributed by atoms with van der Waals surface area (Å²) in [5, 5.41) is 1.50. The monoisotopic (exact) mass is 298 g/mol. The molecule has 0 aromatic carbocycles. The Bertz CT molecular complexity index is 434. The fraction of sp³-hybridized carbons (Fsp3) is 0.583. The fourth-order valence-electron chi connectivity index (χ4n) is 2.16. The molecule has 0 radical (unpaired) electrons. The SMILES string of the molecule is O=C(c1cc(Br)cn1C1CC1)N1CCCCO1. The van der Waals surface area contributed by atoms with E-state index in [-0.39, 0.29) is 5.91 Å². The maximum Gasteiger partial charge on any atom is 0.294 e. The van der Waals surface area contributed by atoms with E-state index >= 15 is 0 Å². The Balaban J connectivity index is 1.84. The third-order valence-electron chi connectivity index (χ3n) is 3.20. The average molecular weight is 299 g/mol. The van der Waals surface area contributed by atoms with E-state index in [0.717, 1.165) is 23.0 Å². The number of aromatic nitrogens is 1. The van der Waals surface area contributed by atoms with Gasteiger partial charge >= 0.3 is 0 Å². The molecule has 1 amide bonds. The van der Waals surface area contributed by atoms with Crippen molar-refractivity contribution in [2.75, 3.05) is 13.2 Å². The molecule has 0 unspecified atom stereocenters. The second kappa shape index (κ2) is 4.46. The Morgan fingerprint density at radius 1 is 1.41 bits per heavy atom. The summed E-state index contributed by atoms with van der Waals surface area (Å²) in [5.41, 5.74) is 0.737. The van der Waals surface area contributed by atoms with Gasteiger partial charge in [-0.15, -0.1) is 0 Å². The van der Waals surface area contributed by atoms with Gasteiger partial charge in [0.15, 0.2) is 0 Å². The molecule has 1 aliphatic carbocycles. The van der Waals surface area contributed by atoms with E-state index in [4.69, 9.17) is 4.84 Å². The standard InChI is InChI=1S/C12H15BrN2O2/c13-9-7-11(14(8-9)10-3-4-10)12(16)15-5-1-2-6-17-15/h7-8,10H,1-6H2. The summed E-state index contributed by atoms with van der Waals surface area (Å²) >= 11 is 3.44. The van der Waals surface area contributed by atoms with E-state index in [1.807, 2.05) is 12.3 Å². The molecule has 3 rings (SSSR count). The molecule has 1 aromatic rings. The molecule has 0 bridgehead atoms. The first-order valence-electron chi connectivity index (χ1n) is 6.08. The molecule has 0 spiro atoms. The van der Waals surface area contributed by atoms with Crippen LogP contribution < -0.4 is 0 Å². The lowest BCUT2D eigenvalue weighted by Crippen LogP contribution is -2.36. The molecule has 2 aliphatic rings. The number of rotatable bonds is 2. The van der Waals surface area contributed by atoms with Crippen molar-refractivity contribution < 1.29 is 9.63 Å². The molecule has 5 heteroatoms. The molecule has 1 aromatic heterocycles. The average Bonchev–Trinajstić information content (AvgIpc) is 3.13. The van der Waals surface area contributed by atoms with Gasteiger partial charge < -0.3 is 4.57 Å². The Morgan fingerprint density at radius 2 is 2.24 bits per heavy atom. The zero-order valence-corrected chi connectivity index (χ0v) is 11.1. The van der Waals surface area contributed by atoms with Crippen LogP contribution >= 0.6 is 15.9 Å². The summed E-state index contributed by atoms with van der Waals surface area (Å²) in [6.07, 6.45) is 6.40. The summed E-state index contributed by atoms with van der Waals surface area (Å²) in [6.45, 7) is 1.35. The smallest absolute Gasteiger partial charge is 0.294 e. The maximum atomic E-state index is 12.3. The molecule has 2 heterocycles. The summed E-state index contributed by atoms with van der Waals surface area (Å²) in [4.78, 5) is 17.7. The first-order chi connectivity index (χ1) is 8.25. The molecule has 1 aliphatic heterocycles. The van der Waals surface area contributed by atoms with Crippen LogP contribution in [0.5, 0.6) is 0 Å². The number of amides is 1. The predicted octanol–water partition coefficient (Wildman–Crippen LogP) is 2.75. The molecular formula is C12H15BrN2O2. The summed E-state index contributed by atoms with van der Waals surface area (Å²) < 4.78 is 3.04. The van der Waals surface area contributed by atoms with Crippen molar-refractivity contribution in [3.8, 4) is 0 Å². The Kier molecular flexibility index (Phi) is 2.96. The Hall–Kier alpha value is -0.810. The first kappa shape index (κ1) is 11.3. The number of hydrogen-bond acceptors (Lipinski definition) is 2. The summed E-state index contributed by atoms with van der Waals surface area (Å²) in [5.74, 6) is -0.0118. The van der Waals surface area contributed by atoms with Crippen LogP contribution in [0.25, 0.3) is 0 Å². The van der Waals surface area contributed by atoms with Crippen LogP contribution in [0, 0.1) is 0 Å². The number of hydroxylamine groups is 2. The molecule has 1 saturated carbocycles. The fourth-order valence-corrected chi connectivity index (χ4v) is 2.59. The first-order valence-corrected chi connectivity index (χ1v) is 6.87. The Morgan fingerprint density at radius 3 is 2.88 bits per heavy atom. The van der Waals surface area contributed by atoms with Crippen LogP contribution in [0.2, 0.25) is 0 Å². The highest BCUT2D eigenvalue weighted by molar-refractivity contribution is 9.10.